The summed E-state index contributed by atoms with van der Waals surface area (Å²) in [5.41, 5.74) is 9.32. The molecule has 2 aromatic heterocycles. The number of pyridine rings is 1. The van der Waals surface area contributed by atoms with E-state index in [1.165, 1.54) is 22.6 Å². The van der Waals surface area contributed by atoms with Crippen LogP contribution in [0.3, 0.4) is 0 Å². The molecule has 1 unspecified atom stereocenters. The van der Waals surface area contributed by atoms with E-state index >= 15 is 0 Å². The molecular weight excluding hydrogens is 392 g/mol. The Bertz CT molecular complexity index is 1100. The van der Waals surface area contributed by atoms with Crippen LogP contribution in [0.1, 0.15) is 59.7 Å². The van der Waals surface area contributed by atoms with Crippen LogP contribution in [-0.2, 0) is 12.8 Å². The lowest BCUT2D eigenvalue weighted by Crippen LogP contribution is -2.36. The van der Waals surface area contributed by atoms with Crippen LogP contribution in [0.15, 0.2) is 42.5 Å². The number of aryl methyl sites for hydroxylation is 1. The second kappa shape index (κ2) is 7.84. The molecule has 0 aliphatic heterocycles. The Hall–Kier alpha value is -2.73. The number of amidine groups is 1. The first kappa shape index (κ1) is 20.5. The summed E-state index contributed by atoms with van der Waals surface area (Å²) in [7, 11) is 0. The molecule has 0 saturated carbocycles. The fraction of sp³-hybridized carbons (Fsp3) is 0.375. The Morgan fingerprint density at radius 3 is 2.67 bits per heavy atom. The summed E-state index contributed by atoms with van der Waals surface area (Å²) in [6, 6.07) is 12.8. The minimum absolute atomic E-state index is 0.0857. The third kappa shape index (κ3) is 4.10. The Kier molecular flexibility index (Phi) is 5.36. The average Bonchev–Trinajstić information content (AvgIpc) is 3.12. The van der Waals surface area contributed by atoms with Gasteiger partial charge >= 0.3 is 0 Å². The number of thiophene rings is 1. The Morgan fingerprint density at radius 1 is 1.27 bits per heavy atom. The SMILES string of the molecule is CC(C)(C)C1CCc2nc3sc(C(=O)N[C@H](C(=N)N)c4ccccc4)cc3cc2C1. The third-order valence-corrected chi connectivity index (χ3v) is 7.08. The second-order valence-corrected chi connectivity index (χ2v) is 10.2. The molecule has 0 radical (unpaired) electrons. The van der Waals surface area contributed by atoms with Crippen molar-refractivity contribution in [3.05, 3.63) is 64.2 Å². The first-order valence-electron chi connectivity index (χ1n) is 10.3. The van der Waals surface area contributed by atoms with Gasteiger partial charge in [0.05, 0.1) is 4.88 Å². The van der Waals surface area contributed by atoms with E-state index in [1.807, 2.05) is 36.4 Å². The fourth-order valence-electron chi connectivity index (χ4n) is 4.16. The number of carbonyl (C=O) groups excluding carboxylic acids is 1. The number of fused-ring (bicyclic) bond motifs is 2. The first-order valence-corrected chi connectivity index (χ1v) is 11.2. The van der Waals surface area contributed by atoms with Gasteiger partial charge in [0.15, 0.2) is 0 Å². The molecule has 0 bridgehead atoms. The number of nitrogens with zero attached hydrogens (tertiary/aromatic N) is 1. The minimum atomic E-state index is -0.641. The van der Waals surface area contributed by atoms with E-state index in [4.69, 9.17) is 16.1 Å². The van der Waals surface area contributed by atoms with E-state index in [0.717, 1.165) is 35.0 Å². The van der Waals surface area contributed by atoms with Crippen LogP contribution in [0.2, 0.25) is 0 Å². The summed E-state index contributed by atoms with van der Waals surface area (Å²) in [4.78, 5) is 19.3. The second-order valence-electron chi connectivity index (χ2n) is 9.18. The van der Waals surface area contributed by atoms with Crippen molar-refractivity contribution in [1.29, 1.82) is 5.41 Å². The van der Waals surface area contributed by atoms with Gasteiger partial charge in [0.25, 0.3) is 5.91 Å². The van der Waals surface area contributed by atoms with Gasteiger partial charge in [0.1, 0.15) is 16.7 Å². The van der Waals surface area contributed by atoms with Gasteiger partial charge in [-0.25, -0.2) is 4.98 Å². The van der Waals surface area contributed by atoms with Crippen molar-refractivity contribution in [2.45, 2.75) is 46.1 Å². The average molecular weight is 421 g/mol. The molecular formula is C24H28N4OS. The van der Waals surface area contributed by atoms with Crippen LogP contribution < -0.4 is 11.1 Å². The van der Waals surface area contributed by atoms with Gasteiger partial charge < -0.3 is 11.1 Å². The monoisotopic (exact) mass is 420 g/mol. The van der Waals surface area contributed by atoms with Crippen molar-refractivity contribution in [1.82, 2.24) is 10.3 Å². The molecule has 1 aliphatic carbocycles. The number of hydrogen-bond acceptors (Lipinski definition) is 4. The maximum atomic E-state index is 12.9. The van der Waals surface area contributed by atoms with Gasteiger partial charge in [-0.15, -0.1) is 11.3 Å². The van der Waals surface area contributed by atoms with Gasteiger partial charge in [0, 0.05) is 11.1 Å². The maximum absolute atomic E-state index is 12.9. The van der Waals surface area contributed by atoms with E-state index in [1.54, 1.807) is 0 Å². The molecule has 3 aromatic rings. The number of carbonyl (C=O) groups is 1. The van der Waals surface area contributed by atoms with E-state index in [9.17, 15) is 4.79 Å². The summed E-state index contributed by atoms with van der Waals surface area (Å²) in [5.74, 6) is 0.331. The topological polar surface area (TPSA) is 91.9 Å². The van der Waals surface area contributed by atoms with Gasteiger partial charge in [0.2, 0.25) is 0 Å². The smallest absolute Gasteiger partial charge is 0.262 e. The van der Waals surface area contributed by atoms with E-state index in [-0.39, 0.29) is 17.2 Å². The highest BCUT2D eigenvalue weighted by Crippen LogP contribution is 2.38. The highest BCUT2D eigenvalue weighted by molar-refractivity contribution is 7.20. The lowest BCUT2D eigenvalue weighted by molar-refractivity contribution is 0.0950. The zero-order valence-corrected chi connectivity index (χ0v) is 18.5. The fourth-order valence-corrected chi connectivity index (χ4v) is 5.10. The number of benzene rings is 1. The molecule has 2 heterocycles. The zero-order chi connectivity index (χ0) is 21.5. The molecule has 5 nitrogen and oxygen atoms in total. The molecule has 1 aromatic carbocycles. The third-order valence-electron chi connectivity index (χ3n) is 6.04. The van der Waals surface area contributed by atoms with Crippen LogP contribution in [-0.4, -0.2) is 16.7 Å². The molecule has 2 atom stereocenters. The van der Waals surface area contributed by atoms with Crippen molar-refractivity contribution in [2.75, 3.05) is 0 Å². The van der Waals surface area contributed by atoms with Crippen molar-refractivity contribution in [3.63, 3.8) is 0 Å². The first-order chi connectivity index (χ1) is 14.2. The number of hydrogen-bond donors (Lipinski definition) is 3. The molecule has 1 amide bonds. The van der Waals surface area contributed by atoms with Gasteiger partial charge in [-0.1, -0.05) is 51.1 Å². The highest BCUT2D eigenvalue weighted by atomic mass is 32.1. The Morgan fingerprint density at radius 2 is 2.00 bits per heavy atom. The van der Waals surface area contributed by atoms with E-state index in [2.05, 4.69) is 32.2 Å². The van der Waals surface area contributed by atoms with Gasteiger partial charge in [-0.3, -0.25) is 10.2 Å². The number of nitrogens with two attached hydrogens (primary N) is 1. The predicted octanol–water partition coefficient (Wildman–Crippen LogP) is 4.85. The number of nitrogens with one attached hydrogen (secondary N) is 2. The Balaban J connectivity index is 1.59. The van der Waals surface area contributed by atoms with Crippen molar-refractivity contribution < 1.29 is 4.79 Å². The normalized spacial score (nSPS) is 17.4. The summed E-state index contributed by atoms with van der Waals surface area (Å²) >= 11 is 1.40. The van der Waals surface area contributed by atoms with Crippen LogP contribution >= 0.6 is 11.3 Å². The molecule has 0 spiro atoms. The molecule has 4 rings (SSSR count). The quantitative estimate of drug-likeness (QED) is 0.416. The molecule has 4 N–H and O–H groups in total. The molecule has 0 fully saturated rings. The van der Waals surface area contributed by atoms with Crippen LogP contribution in [0.5, 0.6) is 0 Å². The zero-order valence-electron chi connectivity index (χ0n) is 17.7. The van der Waals surface area contributed by atoms with Crippen molar-refractivity contribution in [3.8, 4) is 0 Å². The lowest BCUT2D eigenvalue weighted by atomic mass is 9.71. The summed E-state index contributed by atoms with van der Waals surface area (Å²) in [5, 5.41) is 11.8. The molecule has 0 saturated heterocycles. The Labute approximate surface area is 181 Å². The molecule has 156 valence electrons. The maximum Gasteiger partial charge on any atom is 0.262 e. The highest BCUT2D eigenvalue weighted by Gasteiger charge is 2.30. The van der Waals surface area contributed by atoms with Crippen molar-refractivity contribution in [2.24, 2.45) is 17.1 Å². The largest absolute Gasteiger partial charge is 0.386 e. The van der Waals surface area contributed by atoms with Gasteiger partial charge in [-0.05, 0) is 53.9 Å². The standard InChI is InChI=1S/C24H28N4OS/c1-24(2,3)17-9-10-18-15(12-17)11-16-13-19(30-23(16)27-18)22(29)28-20(21(25)26)14-7-5-4-6-8-14/h4-8,11,13,17,20H,9-10,12H2,1-3H3,(H3,25,26)(H,28,29)/t17?,20-/m0/s1. The number of amides is 1. The lowest BCUT2D eigenvalue weighted by Gasteiger charge is -2.34. The van der Waals surface area contributed by atoms with Crippen molar-refractivity contribution >= 4 is 33.3 Å². The summed E-state index contributed by atoms with van der Waals surface area (Å²) in [6.45, 7) is 6.92. The molecule has 30 heavy (non-hydrogen) atoms. The molecule has 6 heteroatoms. The number of rotatable bonds is 4. The van der Waals surface area contributed by atoms with Crippen LogP contribution in [0, 0.1) is 16.7 Å². The molecule has 1 aliphatic rings. The predicted molar refractivity (Wildman–Crippen MR) is 123 cm³/mol. The number of aromatic nitrogens is 1. The van der Waals surface area contributed by atoms with E-state index in [0.29, 0.717) is 10.8 Å². The van der Waals surface area contributed by atoms with Gasteiger partial charge in [-0.2, -0.15) is 0 Å². The van der Waals surface area contributed by atoms with Crippen LogP contribution in [0.25, 0.3) is 10.2 Å². The van der Waals surface area contributed by atoms with E-state index < -0.39 is 6.04 Å². The minimum Gasteiger partial charge on any atom is -0.386 e. The van der Waals surface area contributed by atoms with Crippen LogP contribution in [0.4, 0.5) is 0 Å². The summed E-state index contributed by atoms with van der Waals surface area (Å²) in [6.07, 6.45) is 3.19. The summed E-state index contributed by atoms with van der Waals surface area (Å²) < 4.78 is 0.